The van der Waals surface area contributed by atoms with Crippen LogP contribution in [0.5, 0.6) is 0 Å². The van der Waals surface area contributed by atoms with Gasteiger partial charge >= 0.3 is 0 Å². The van der Waals surface area contributed by atoms with E-state index in [9.17, 15) is 18.5 Å². The van der Waals surface area contributed by atoms with Crippen LogP contribution < -0.4 is 0 Å². The van der Waals surface area contributed by atoms with Crippen LogP contribution in [0.2, 0.25) is 0 Å². The van der Waals surface area contributed by atoms with Crippen molar-refractivity contribution in [1.29, 1.82) is 0 Å². The number of ether oxygens (including phenoxy) is 1. The van der Waals surface area contributed by atoms with Crippen molar-refractivity contribution in [2.75, 3.05) is 13.1 Å². The Kier molecular flexibility index (Phi) is 5.15. The summed E-state index contributed by atoms with van der Waals surface area (Å²) < 4.78 is 32.2. The van der Waals surface area contributed by atoms with Crippen LogP contribution in [0.3, 0.4) is 0 Å². The largest absolute Gasteiger partial charge is 0.375 e. The Hall–Kier alpha value is -1.51. The van der Waals surface area contributed by atoms with Crippen LogP contribution in [0.15, 0.2) is 29.2 Å². The molecule has 1 aromatic rings. The third-order valence-corrected chi connectivity index (χ3v) is 5.43. The third-order valence-electron chi connectivity index (χ3n) is 3.53. The summed E-state index contributed by atoms with van der Waals surface area (Å²) in [5.74, 6) is 0. The van der Waals surface area contributed by atoms with Gasteiger partial charge in [0.2, 0.25) is 10.0 Å². The summed E-state index contributed by atoms with van der Waals surface area (Å²) in [6.45, 7) is 4.63. The Balaban J connectivity index is 2.12. The lowest BCUT2D eigenvalue weighted by atomic mass is 10.1. The molecule has 0 aliphatic carbocycles. The molecule has 1 fully saturated rings. The summed E-state index contributed by atoms with van der Waals surface area (Å²) in [5.41, 5.74) is -0.223. The molecule has 0 saturated carbocycles. The van der Waals surface area contributed by atoms with Gasteiger partial charge in [0.05, 0.1) is 22.0 Å². The molecule has 1 aliphatic heterocycles. The second kappa shape index (κ2) is 6.72. The van der Waals surface area contributed by atoms with Crippen LogP contribution in [0.4, 0.5) is 5.69 Å². The highest BCUT2D eigenvalue weighted by molar-refractivity contribution is 7.89. The number of nitrogens with zero attached hydrogens (tertiary/aromatic N) is 2. The zero-order valence-corrected chi connectivity index (χ0v) is 13.5. The molecular formula is C14H20N2O5S. The Morgan fingerprint density at radius 1 is 1.32 bits per heavy atom. The molecule has 0 amide bonds. The highest BCUT2D eigenvalue weighted by Gasteiger charge is 2.30. The van der Waals surface area contributed by atoms with Crippen LogP contribution >= 0.6 is 0 Å². The van der Waals surface area contributed by atoms with E-state index < -0.39 is 14.9 Å². The highest BCUT2D eigenvalue weighted by atomic mass is 32.2. The Morgan fingerprint density at radius 2 is 1.95 bits per heavy atom. The minimum absolute atomic E-state index is 0.0371. The molecule has 0 spiro atoms. The summed E-state index contributed by atoms with van der Waals surface area (Å²) in [7, 11) is -3.70. The highest BCUT2D eigenvalue weighted by Crippen LogP contribution is 2.25. The van der Waals surface area contributed by atoms with E-state index in [2.05, 4.69) is 0 Å². The maximum Gasteiger partial charge on any atom is 0.270 e. The number of hydrogen-bond donors (Lipinski definition) is 0. The molecular weight excluding hydrogens is 308 g/mol. The van der Waals surface area contributed by atoms with E-state index in [1.54, 1.807) is 0 Å². The van der Waals surface area contributed by atoms with Gasteiger partial charge in [0.25, 0.3) is 5.69 Å². The summed E-state index contributed by atoms with van der Waals surface area (Å²) in [5, 5.41) is 10.8. The van der Waals surface area contributed by atoms with Crippen molar-refractivity contribution in [3.05, 3.63) is 34.4 Å². The molecule has 0 N–H and O–H groups in total. The molecule has 0 radical (unpaired) electrons. The average molecular weight is 328 g/mol. The fraction of sp³-hybridized carbons (Fsp3) is 0.571. The van der Waals surface area contributed by atoms with Gasteiger partial charge in [-0.3, -0.25) is 10.1 Å². The summed E-state index contributed by atoms with van der Waals surface area (Å²) in [4.78, 5) is 10.2. The molecule has 1 aromatic carbocycles. The van der Waals surface area contributed by atoms with E-state index in [4.69, 9.17) is 4.74 Å². The van der Waals surface area contributed by atoms with Crippen molar-refractivity contribution in [1.82, 2.24) is 4.31 Å². The van der Waals surface area contributed by atoms with E-state index in [0.29, 0.717) is 25.9 Å². The number of piperidine rings is 1. The first kappa shape index (κ1) is 16.9. The molecule has 122 valence electrons. The number of non-ortho nitro benzene ring substituents is 1. The van der Waals surface area contributed by atoms with Gasteiger partial charge in [0, 0.05) is 25.2 Å². The van der Waals surface area contributed by atoms with Crippen molar-refractivity contribution in [2.45, 2.75) is 43.8 Å². The normalized spacial score (nSPS) is 17.8. The maximum atomic E-state index is 12.6. The van der Waals surface area contributed by atoms with Crippen LogP contribution in [0.25, 0.3) is 0 Å². The van der Waals surface area contributed by atoms with Gasteiger partial charge in [-0.2, -0.15) is 4.31 Å². The Morgan fingerprint density at radius 3 is 2.50 bits per heavy atom. The topological polar surface area (TPSA) is 89.8 Å². The van der Waals surface area contributed by atoms with E-state index >= 15 is 0 Å². The van der Waals surface area contributed by atoms with E-state index in [-0.39, 0.29) is 22.8 Å². The second-order valence-electron chi connectivity index (χ2n) is 5.54. The Labute approximate surface area is 130 Å². The fourth-order valence-electron chi connectivity index (χ4n) is 2.50. The summed E-state index contributed by atoms with van der Waals surface area (Å²) in [6.07, 6.45) is 1.44. The van der Waals surface area contributed by atoms with Gasteiger partial charge in [0.1, 0.15) is 0 Å². The first-order valence-electron chi connectivity index (χ1n) is 7.21. The fourth-order valence-corrected chi connectivity index (χ4v) is 4.01. The Bertz CT molecular complexity index is 636. The summed E-state index contributed by atoms with van der Waals surface area (Å²) >= 11 is 0. The second-order valence-corrected chi connectivity index (χ2v) is 7.48. The zero-order chi connectivity index (χ0) is 16.3. The minimum atomic E-state index is -3.70. The van der Waals surface area contributed by atoms with Crippen molar-refractivity contribution in [3.63, 3.8) is 0 Å². The number of rotatable bonds is 5. The zero-order valence-electron chi connectivity index (χ0n) is 12.6. The van der Waals surface area contributed by atoms with E-state index in [1.807, 2.05) is 13.8 Å². The smallest absolute Gasteiger partial charge is 0.270 e. The number of nitro groups is 1. The summed E-state index contributed by atoms with van der Waals surface area (Å²) in [6, 6.07) is 5.16. The lowest BCUT2D eigenvalue weighted by Gasteiger charge is -2.32. The van der Waals surface area contributed by atoms with Crippen LogP contribution in [-0.4, -0.2) is 42.9 Å². The van der Waals surface area contributed by atoms with Crippen LogP contribution in [0, 0.1) is 10.1 Å². The molecule has 0 unspecified atom stereocenters. The first-order valence-corrected chi connectivity index (χ1v) is 8.65. The van der Waals surface area contributed by atoms with Gasteiger partial charge in [0.15, 0.2) is 0 Å². The predicted molar refractivity (Wildman–Crippen MR) is 81.1 cm³/mol. The number of sulfonamides is 1. The van der Waals surface area contributed by atoms with Gasteiger partial charge in [-0.15, -0.1) is 0 Å². The standard InChI is InChI=1S/C14H20N2O5S/c1-11(2)21-13-6-8-15(9-7-13)22(19,20)14-5-3-4-12(10-14)16(17)18/h3-5,10-11,13H,6-9H2,1-2H3. The van der Waals surface area contributed by atoms with Crippen molar-refractivity contribution < 1.29 is 18.1 Å². The van der Waals surface area contributed by atoms with E-state index in [1.165, 1.54) is 22.5 Å². The van der Waals surface area contributed by atoms with Gasteiger partial charge in [-0.05, 0) is 32.8 Å². The number of benzene rings is 1. The average Bonchev–Trinajstić information content (AvgIpc) is 2.47. The molecule has 22 heavy (non-hydrogen) atoms. The molecule has 1 saturated heterocycles. The van der Waals surface area contributed by atoms with Crippen molar-refractivity contribution in [2.24, 2.45) is 0 Å². The monoisotopic (exact) mass is 328 g/mol. The lowest BCUT2D eigenvalue weighted by Crippen LogP contribution is -2.41. The SMILES string of the molecule is CC(C)OC1CCN(S(=O)(=O)c2cccc([N+](=O)[O-])c2)CC1. The molecule has 0 atom stereocenters. The molecule has 1 heterocycles. The predicted octanol–water partition coefficient (Wildman–Crippen LogP) is 2.17. The van der Waals surface area contributed by atoms with Crippen molar-refractivity contribution in [3.8, 4) is 0 Å². The molecule has 7 nitrogen and oxygen atoms in total. The lowest BCUT2D eigenvalue weighted by molar-refractivity contribution is -0.385. The molecule has 2 rings (SSSR count). The van der Waals surface area contributed by atoms with Crippen LogP contribution in [0.1, 0.15) is 26.7 Å². The minimum Gasteiger partial charge on any atom is -0.375 e. The molecule has 8 heteroatoms. The van der Waals surface area contributed by atoms with Crippen molar-refractivity contribution >= 4 is 15.7 Å². The third kappa shape index (κ3) is 3.82. The molecule has 0 aromatic heterocycles. The van der Waals surface area contributed by atoms with E-state index in [0.717, 1.165) is 6.07 Å². The van der Waals surface area contributed by atoms with Gasteiger partial charge in [-0.25, -0.2) is 8.42 Å². The van der Waals surface area contributed by atoms with Gasteiger partial charge < -0.3 is 4.74 Å². The molecule has 0 bridgehead atoms. The number of nitro benzene ring substituents is 1. The quantitative estimate of drug-likeness (QED) is 0.610. The number of hydrogen-bond acceptors (Lipinski definition) is 5. The first-order chi connectivity index (χ1) is 10.3. The maximum absolute atomic E-state index is 12.6. The molecule has 1 aliphatic rings. The van der Waals surface area contributed by atoms with Crippen LogP contribution in [-0.2, 0) is 14.8 Å². The van der Waals surface area contributed by atoms with Gasteiger partial charge in [-0.1, -0.05) is 6.07 Å².